The summed E-state index contributed by atoms with van der Waals surface area (Å²) in [6, 6.07) is 0. The van der Waals surface area contributed by atoms with E-state index in [4.69, 9.17) is 10.2 Å². The smallest absolute Gasteiger partial charge is 0.0431 e. The van der Waals surface area contributed by atoms with Gasteiger partial charge in [0.25, 0.3) is 0 Å². The van der Waals surface area contributed by atoms with Crippen LogP contribution in [0, 0.1) is 0 Å². The number of allylic oxidation sites excluding steroid dienone is 2. The molecule has 0 rings (SSSR count). The lowest BCUT2D eigenvalue weighted by molar-refractivity contribution is 0.282. The van der Waals surface area contributed by atoms with Crippen LogP contribution in [0.5, 0.6) is 0 Å². The van der Waals surface area contributed by atoms with Gasteiger partial charge in [0.1, 0.15) is 0 Å². The lowest BCUT2D eigenvalue weighted by Gasteiger charge is -2.03. The second kappa shape index (κ2) is 26.7. The quantitative estimate of drug-likeness (QED) is 0.128. The van der Waals surface area contributed by atoms with Gasteiger partial charge in [-0.2, -0.15) is 0 Å². The van der Waals surface area contributed by atoms with E-state index in [-0.39, 0.29) is 0 Å². The van der Waals surface area contributed by atoms with Crippen LogP contribution in [0.3, 0.4) is 0 Å². The Bertz CT molecular complexity index is 288. The molecule has 0 aliphatic rings. The molecule has 2 nitrogen and oxygen atoms in total. The standard InChI is InChI=1S/C26H52O2/c27-25-23-21-19-17-15-13-11-9-7-5-3-1-2-4-6-8-10-12-14-16-18-20-22-24-26-28/h7,9,27-28H,1-6,8,10-26H2. The fourth-order valence-corrected chi connectivity index (χ4v) is 3.81. The highest BCUT2D eigenvalue weighted by molar-refractivity contribution is 4.81. The van der Waals surface area contributed by atoms with Crippen LogP contribution in [-0.2, 0) is 0 Å². The summed E-state index contributed by atoms with van der Waals surface area (Å²) in [6.07, 6.45) is 33.8. The summed E-state index contributed by atoms with van der Waals surface area (Å²) < 4.78 is 0. The van der Waals surface area contributed by atoms with Gasteiger partial charge in [0, 0.05) is 13.2 Å². The van der Waals surface area contributed by atoms with Crippen LogP contribution in [0.25, 0.3) is 0 Å². The monoisotopic (exact) mass is 396 g/mol. The third-order valence-corrected chi connectivity index (χ3v) is 5.72. The minimum atomic E-state index is 0.358. The molecule has 2 heteroatoms. The van der Waals surface area contributed by atoms with Gasteiger partial charge in [0.15, 0.2) is 0 Å². The molecule has 0 aliphatic heterocycles. The van der Waals surface area contributed by atoms with E-state index in [0.29, 0.717) is 13.2 Å². The van der Waals surface area contributed by atoms with Gasteiger partial charge in [0.2, 0.25) is 0 Å². The largest absolute Gasteiger partial charge is 0.396 e. The lowest BCUT2D eigenvalue weighted by Crippen LogP contribution is -1.85. The Hall–Kier alpha value is -0.340. The molecule has 0 atom stereocenters. The number of rotatable bonds is 24. The molecule has 0 aromatic carbocycles. The van der Waals surface area contributed by atoms with Gasteiger partial charge in [-0.25, -0.2) is 0 Å². The molecular formula is C26H52O2. The average molecular weight is 397 g/mol. The molecule has 0 heterocycles. The molecular weight excluding hydrogens is 344 g/mol. The zero-order chi connectivity index (χ0) is 20.4. The highest BCUT2D eigenvalue weighted by Gasteiger charge is 1.94. The molecule has 0 unspecified atom stereocenters. The van der Waals surface area contributed by atoms with Gasteiger partial charge in [0.05, 0.1) is 0 Å². The van der Waals surface area contributed by atoms with Crippen molar-refractivity contribution in [2.75, 3.05) is 13.2 Å². The summed E-state index contributed by atoms with van der Waals surface area (Å²) in [5.41, 5.74) is 0. The molecule has 0 saturated carbocycles. The fourth-order valence-electron chi connectivity index (χ4n) is 3.81. The molecule has 28 heavy (non-hydrogen) atoms. The van der Waals surface area contributed by atoms with Crippen molar-refractivity contribution in [1.82, 2.24) is 0 Å². The second-order valence-corrected chi connectivity index (χ2v) is 8.57. The van der Waals surface area contributed by atoms with Crippen LogP contribution in [0.15, 0.2) is 12.2 Å². The molecule has 0 aromatic heterocycles. The zero-order valence-electron chi connectivity index (χ0n) is 19.0. The molecule has 0 aromatic rings. The van der Waals surface area contributed by atoms with Crippen LogP contribution in [0.1, 0.15) is 141 Å². The fraction of sp³-hybridized carbons (Fsp3) is 0.923. The SMILES string of the molecule is OCCCCCCCCC=CCCCCCCCCCCCCCCCCO. The molecule has 0 bridgehead atoms. The summed E-state index contributed by atoms with van der Waals surface area (Å²) in [6.45, 7) is 0.723. The number of unbranched alkanes of at least 4 members (excludes halogenated alkanes) is 20. The van der Waals surface area contributed by atoms with Crippen LogP contribution >= 0.6 is 0 Å². The van der Waals surface area contributed by atoms with Crippen LogP contribution in [0.4, 0.5) is 0 Å². The molecule has 168 valence electrons. The lowest BCUT2D eigenvalue weighted by atomic mass is 10.0. The van der Waals surface area contributed by atoms with Crippen LogP contribution < -0.4 is 0 Å². The van der Waals surface area contributed by atoms with Crippen molar-refractivity contribution >= 4 is 0 Å². The Balaban J connectivity index is 3.04. The average Bonchev–Trinajstić information content (AvgIpc) is 2.71. The summed E-state index contributed by atoms with van der Waals surface area (Å²) in [4.78, 5) is 0. The van der Waals surface area contributed by atoms with Gasteiger partial charge in [-0.3, -0.25) is 0 Å². The third-order valence-electron chi connectivity index (χ3n) is 5.72. The van der Waals surface area contributed by atoms with Gasteiger partial charge in [-0.1, -0.05) is 115 Å². The molecule has 0 fully saturated rings. The van der Waals surface area contributed by atoms with E-state index in [1.54, 1.807) is 0 Å². The Morgan fingerprint density at radius 1 is 0.286 bits per heavy atom. The first-order valence-electron chi connectivity index (χ1n) is 12.8. The number of hydrogen-bond donors (Lipinski definition) is 2. The minimum absolute atomic E-state index is 0.358. The molecule has 0 spiro atoms. The van der Waals surface area contributed by atoms with Crippen LogP contribution in [-0.4, -0.2) is 23.4 Å². The summed E-state index contributed by atoms with van der Waals surface area (Å²) >= 11 is 0. The predicted molar refractivity (Wildman–Crippen MR) is 125 cm³/mol. The van der Waals surface area contributed by atoms with Gasteiger partial charge >= 0.3 is 0 Å². The van der Waals surface area contributed by atoms with Crippen molar-refractivity contribution < 1.29 is 10.2 Å². The molecule has 0 saturated heterocycles. The summed E-state index contributed by atoms with van der Waals surface area (Å²) in [5.74, 6) is 0. The normalized spacial score (nSPS) is 11.6. The van der Waals surface area contributed by atoms with Gasteiger partial charge in [-0.05, 0) is 38.5 Å². The topological polar surface area (TPSA) is 40.5 Å². The van der Waals surface area contributed by atoms with Crippen molar-refractivity contribution in [2.45, 2.75) is 141 Å². The first-order valence-corrected chi connectivity index (χ1v) is 12.8. The van der Waals surface area contributed by atoms with E-state index in [0.717, 1.165) is 12.8 Å². The predicted octanol–water partition coefficient (Wildman–Crippen LogP) is 8.11. The van der Waals surface area contributed by atoms with E-state index in [9.17, 15) is 0 Å². The number of aliphatic hydroxyl groups is 2. The Labute approximate surface area is 177 Å². The van der Waals surface area contributed by atoms with E-state index in [1.807, 2.05) is 0 Å². The van der Waals surface area contributed by atoms with Gasteiger partial charge < -0.3 is 10.2 Å². The highest BCUT2D eigenvalue weighted by Crippen LogP contribution is 2.13. The van der Waals surface area contributed by atoms with E-state index in [1.165, 1.54) is 128 Å². The van der Waals surface area contributed by atoms with E-state index >= 15 is 0 Å². The maximum absolute atomic E-state index is 8.74. The Morgan fingerprint density at radius 2 is 0.500 bits per heavy atom. The maximum atomic E-state index is 8.74. The first-order chi connectivity index (χ1) is 13.9. The second-order valence-electron chi connectivity index (χ2n) is 8.57. The summed E-state index contributed by atoms with van der Waals surface area (Å²) in [7, 11) is 0. The molecule has 2 N–H and O–H groups in total. The summed E-state index contributed by atoms with van der Waals surface area (Å²) in [5, 5.41) is 17.5. The van der Waals surface area contributed by atoms with Crippen molar-refractivity contribution in [1.29, 1.82) is 0 Å². The van der Waals surface area contributed by atoms with Crippen molar-refractivity contribution in [2.24, 2.45) is 0 Å². The van der Waals surface area contributed by atoms with E-state index in [2.05, 4.69) is 12.2 Å². The maximum Gasteiger partial charge on any atom is 0.0431 e. The van der Waals surface area contributed by atoms with Crippen LogP contribution in [0.2, 0.25) is 0 Å². The van der Waals surface area contributed by atoms with Gasteiger partial charge in [-0.15, -0.1) is 0 Å². The molecule has 0 radical (unpaired) electrons. The third kappa shape index (κ3) is 25.7. The number of hydrogen-bond acceptors (Lipinski definition) is 2. The van der Waals surface area contributed by atoms with Crippen molar-refractivity contribution in [3.63, 3.8) is 0 Å². The first kappa shape index (κ1) is 27.7. The Morgan fingerprint density at radius 3 is 0.750 bits per heavy atom. The van der Waals surface area contributed by atoms with Crippen molar-refractivity contribution in [3.05, 3.63) is 12.2 Å². The molecule has 0 amide bonds. The zero-order valence-corrected chi connectivity index (χ0v) is 19.0. The van der Waals surface area contributed by atoms with Crippen molar-refractivity contribution in [3.8, 4) is 0 Å². The van der Waals surface area contributed by atoms with E-state index < -0.39 is 0 Å². The Kier molecular flexibility index (Phi) is 26.3. The minimum Gasteiger partial charge on any atom is -0.396 e. The number of aliphatic hydroxyl groups excluding tert-OH is 2. The highest BCUT2D eigenvalue weighted by atomic mass is 16.3. The molecule has 0 aliphatic carbocycles.